The highest BCUT2D eigenvalue weighted by molar-refractivity contribution is 6.31. The molecule has 3 aromatic rings. The summed E-state index contributed by atoms with van der Waals surface area (Å²) in [6, 6.07) is 4.52. The lowest BCUT2D eigenvalue weighted by Gasteiger charge is -2.33. The molecule has 31 heavy (non-hydrogen) atoms. The summed E-state index contributed by atoms with van der Waals surface area (Å²) < 4.78 is 39.8. The lowest BCUT2D eigenvalue weighted by Crippen LogP contribution is -2.43. The molecule has 1 aromatic carbocycles. The maximum Gasteiger partial charge on any atom is 0.232 e. The molecule has 5 rings (SSSR count). The Kier molecular flexibility index (Phi) is 4.45. The van der Waals surface area contributed by atoms with Crippen LogP contribution in [-0.2, 0) is 10.3 Å². The first-order chi connectivity index (χ1) is 14.9. The number of nitrogens with zero attached hydrogens (tertiary/aromatic N) is 4. The predicted molar refractivity (Wildman–Crippen MR) is 111 cm³/mol. The number of anilines is 2. The quantitative estimate of drug-likeness (QED) is 0.617. The fourth-order valence-electron chi connectivity index (χ4n) is 3.96. The Hall–Kier alpha value is -3.11. The molecule has 0 amide bonds. The Balaban J connectivity index is 1.58. The van der Waals surface area contributed by atoms with Gasteiger partial charge in [0.2, 0.25) is 5.88 Å². The first kappa shape index (κ1) is 19.8. The zero-order valence-corrected chi connectivity index (χ0v) is 17.0. The van der Waals surface area contributed by atoms with Gasteiger partial charge in [0, 0.05) is 29.8 Å². The largest absolute Gasteiger partial charge is 0.480 e. The van der Waals surface area contributed by atoms with Gasteiger partial charge in [0.1, 0.15) is 23.5 Å². The van der Waals surface area contributed by atoms with Crippen molar-refractivity contribution in [2.24, 2.45) is 16.6 Å². The maximum absolute atomic E-state index is 15.1. The number of hydrogen-bond acceptors (Lipinski definition) is 8. The Morgan fingerprint density at radius 1 is 1.39 bits per heavy atom. The van der Waals surface area contributed by atoms with Gasteiger partial charge in [-0.1, -0.05) is 11.6 Å². The number of alkyl halides is 1. The van der Waals surface area contributed by atoms with E-state index >= 15 is 4.39 Å². The van der Waals surface area contributed by atoms with Crippen molar-refractivity contribution >= 4 is 40.5 Å². The van der Waals surface area contributed by atoms with Crippen LogP contribution in [0.5, 0.6) is 5.88 Å². The molecule has 0 saturated heterocycles. The number of nitrogens with two attached hydrogens (primary N) is 1. The molecule has 11 heteroatoms. The molecular formula is C20H17ClF2N6O2. The molecule has 0 radical (unpaired) electrons. The molecule has 2 aromatic heterocycles. The van der Waals surface area contributed by atoms with E-state index in [1.165, 1.54) is 25.4 Å². The Morgan fingerprint density at radius 2 is 2.23 bits per heavy atom. The van der Waals surface area contributed by atoms with E-state index in [2.05, 4.69) is 25.3 Å². The van der Waals surface area contributed by atoms with Crippen molar-refractivity contribution in [2.75, 3.05) is 19.1 Å². The molecule has 2 aliphatic rings. The Labute approximate surface area is 180 Å². The monoisotopic (exact) mass is 446 g/mol. The van der Waals surface area contributed by atoms with E-state index in [0.717, 1.165) is 6.40 Å². The average molecular weight is 447 g/mol. The minimum Gasteiger partial charge on any atom is -0.480 e. The number of methoxy groups -OCH3 is 1. The minimum atomic E-state index is -1.52. The predicted octanol–water partition coefficient (Wildman–Crippen LogP) is 3.47. The van der Waals surface area contributed by atoms with Crippen LogP contribution in [0.3, 0.4) is 0 Å². The summed E-state index contributed by atoms with van der Waals surface area (Å²) in [5, 5.41) is 2.88. The molecule has 1 aliphatic carbocycles. The number of fused-ring (bicyclic) bond motifs is 2. The number of aromatic nitrogens is 3. The first-order valence-electron chi connectivity index (χ1n) is 9.39. The van der Waals surface area contributed by atoms with Crippen LogP contribution in [0.1, 0.15) is 12.0 Å². The van der Waals surface area contributed by atoms with E-state index in [-0.39, 0.29) is 10.6 Å². The van der Waals surface area contributed by atoms with Gasteiger partial charge < -0.3 is 14.8 Å². The smallest absolute Gasteiger partial charge is 0.232 e. The summed E-state index contributed by atoms with van der Waals surface area (Å²) in [5.41, 5.74) is 4.92. The van der Waals surface area contributed by atoms with Gasteiger partial charge in [0.15, 0.2) is 17.9 Å². The van der Waals surface area contributed by atoms with Crippen molar-refractivity contribution in [2.45, 2.75) is 17.7 Å². The number of benzene rings is 1. The first-order valence-corrected chi connectivity index (χ1v) is 9.76. The number of pyridine rings is 1. The van der Waals surface area contributed by atoms with Gasteiger partial charge >= 0.3 is 0 Å². The van der Waals surface area contributed by atoms with Gasteiger partial charge in [-0.15, -0.1) is 0 Å². The lowest BCUT2D eigenvalue weighted by atomic mass is 9.85. The van der Waals surface area contributed by atoms with E-state index in [0.29, 0.717) is 34.8 Å². The number of aliphatic imine (C=N–C) groups is 1. The fraction of sp³-hybridized carbons (Fsp3) is 0.300. The second-order valence-electron chi connectivity index (χ2n) is 7.51. The molecule has 3 heterocycles. The second kappa shape index (κ2) is 6.96. The SMILES string of the molecule is COc1cnc2c(Nc3cc(Cl)c(F)c([C@@]4(CF)N=CO[C@@]5(N)C[C@@H]54)c3)nccc2n1. The van der Waals surface area contributed by atoms with E-state index in [4.69, 9.17) is 26.8 Å². The van der Waals surface area contributed by atoms with Crippen LogP contribution in [0.15, 0.2) is 35.6 Å². The third-order valence-electron chi connectivity index (χ3n) is 5.69. The standard InChI is InChI=1S/C20H17ClF2N6O2/c1-30-15-7-26-17-13(29-15)2-3-25-18(17)28-10-4-11(16(23)12(21)5-10)19(8-22)14-6-20(14,24)31-9-27-19/h2-5,7,9,14H,6,8,24H2,1H3,(H,25,28)/t14-,19-,20+/m1/s1. The zero-order chi connectivity index (χ0) is 21.8. The highest BCUT2D eigenvalue weighted by Gasteiger charge is 2.67. The second-order valence-corrected chi connectivity index (χ2v) is 7.91. The van der Waals surface area contributed by atoms with E-state index in [1.807, 2.05) is 0 Å². The molecule has 3 atom stereocenters. The Bertz CT molecular complexity index is 1230. The molecule has 1 fully saturated rings. The number of hydrogen-bond donors (Lipinski definition) is 2. The van der Waals surface area contributed by atoms with Crippen LogP contribution in [0, 0.1) is 11.7 Å². The molecule has 0 spiro atoms. The number of halogens is 3. The summed E-state index contributed by atoms with van der Waals surface area (Å²) in [4.78, 5) is 17.1. The van der Waals surface area contributed by atoms with Gasteiger partial charge in [-0.2, -0.15) is 0 Å². The van der Waals surface area contributed by atoms with Crippen molar-refractivity contribution in [1.82, 2.24) is 15.0 Å². The third kappa shape index (κ3) is 3.05. The summed E-state index contributed by atoms with van der Waals surface area (Å²) in [7, 11) is 1.49. The summed E-state index contributed by atoms with van der Waals surface area (Å²) in [6.45, 7) is -0.953. The highest BCUT2D eigenvalue weighted by atomic mass is 35.5. The van der Waals surface area contributed by atoms with E-state index in [9.17, 15) is 4.39 Å². The lowest BCUT2D eigenvalue weighted by molar-refractivity contribution is 0.102. The van der Waals surface area contributed by atoms with Gasteiger partial charge in [-0.25, -0.2) is 28.7 Å². The average Bonchev–Trinajstić information content (AvgIpc) is 3.48. The van der Waals surface area contributed by atoms with Crippen molar-refractivity contribution in [3.63, 3.8) is 0 Å². The van der Waals surface area contributed by atoms with Crippen molar-refractivity contribution in [1.29, 1.82) is 0 Å². The van der Waals surface area contributed by atoms with Crippen LogP contribution in [0.25, 0.3) is 11.0 Å². The summed E-state index contributed by atoms with van der Waals surface area (Å²) in [5.74, 6) is -0.544. The minimum absolute atomic E-state index is 0.00475. The topological polar surface area (TPSA) is 108 Å². The molecule has 160 valence electrons. The van der Waals surface area contributed by atoms with Crippen LogP contribution in [0.4, 0.5) is 20.3 Å². The van der Waals surface area contributed by atoms with Crippen LogP contribution < -0.4 is 15.8 Å². The van der Waals surface area contributed by atoms with Crippen LogP contribution in [0.2, 0.25) is 5.02 Å². The highest BCUT2D eigenvalue weighted by Crippen LogP contribution is 2.58. The maximum atomic E-state index is 15.1. The molecule has 1 aliphatic heterocycles. The Morgan fingerprint density at radius 3 is 3.00 bits per heavy atom. The summed E-state index contributed by atoms with van der Waals surface area (Å²) >= 11 is 6.16. The van der Waals surface area contributed by atoms with Gasteiger partial charge in [-0.3, -0.25) is 5.73 Å². The van der Waals surface area contributed by atoms with E-state index < -0.39 is 29.7 Å². The number of ether oxygens (including phenoxy) is 2. The fourth-order valence-corrected chi connectivity index (χ4v) is 4.18. The van der Waals surface area contributed by atoms with E-state index in [1.54, 1.807) is 12.3 Å². The van der Waals surface area contributed by atoms with Crippen molar-refractivity contribution in [3.05, 3.63) is 47.0 Å². The normalized spacial score (nSPS) is 26.3. The van der Waals surface area contributed by atoms with Gasteiger partial charge in [0.25, 0.3) is 0 Å². The molecule has 1 saturated carbocycles. The zero-order valence-electron chi connectivity index (χ0n) is 16.3. The van der Waals surface area contributed by atoms with Crippen LogP contribution >= 0.6 is 11.6 Å². The molecule has 0 unspecified atom stereocenters. The summed E-state index contributed by atoms with van der Waals surface area (Å²) in [6.07, 6.45) is 4.45. The van der Waals surface area contributed by atoms with Gasteiger partial charge in [0.05, 0.1) is 23.8 Å². The molecule has 8 nitrogen and oxygen atoms in total. The molecule has 3 N–H and O–H groups in total. The third-order valence-corrected chi connectivity index (χ3v) is 5.97. The van der Waals surface area contributed by atoms with Crippen molar-refractivity contribution < 1.29 is 18.3 Å². The molecular weight excluding hydrogens is 430 g/mol. The number of nitrogens with one attached hydrogen (secondary N) is 1. The molecule has 0 bridgehead atoms. The van der Waals surface area contributed by atoms with Crippen LogP contribution in [-0.4, -0.2) is 40.9 Å². The van der Waals surface area contributed by atoms with Crippen molar-refractivity contribution in [3.8, 4) is 5.88 Å². The van der Waals surface area contributed by atoms with Gasteiger partial charge in [-0.05, 0) is 18.2 Å². The number of rotatable bonds is 5.